The molecule has 0 aliphatic heterocycles. The van der Waals surface area contributed by atoms with Gasteiger partial charge in [-0.05, 0) is 36.8 Å². The molecule has 2 aromatic carbocycles. The number of hydrogen-bond acceptors (Lipinski definition) is 4. The van der Waals surface area contributed by atoms with Gasteiger partial charge in [-0.15, -0.1) is 0 Å². The largest absolute Gasteiger partial charge is 0.497 e. The number of nitrogens with one attached hydrogen (secondary N) is 1. The maximum Gasteiger partial charge on any atom is 0.254 e. The van der Waals surface area contributed by atoms with Crippen LogP contribution in [0.5, 0.6) is 5.75 Å². The lowest BCUT2D eigenvalue weighted by molar-refractivity contribution is -0.116. The third-order valence-electron chi connectivity index (χ3n) is 3.87. The first-order valence-corrected chi connectivity index (χ1v) is 8.38. The van der Waals surface area contributed by atoms with Crippen LogP contribution < -0.4 is 10.1 Å². The zero-order valence-electron chi connectivity index (χ0n) is 15.3. The van der Waals surface area contributed by atoms with Gasteiger partial charge in [0.15, 0.2) is 0 Å². The van der Waals surface area contributed by atoms with E-state index in [1.165, 1.54) is 4.90 Å². The Bertz CT molecular complexity index is 744. The molecule has 0 radical (unpaired) electrons. The van der Waals surface area contributed by atoms with E-state index in [0.29, 0.717) is 30.2 Å². The topological polar surface area (TPSA) is 67.9 Å². The maximum absolute atomic E-state index is 12.6. The fourth-order valence-corrected chi connectivity index (χ4v) is 2.49. The molecule has 0 saturated heterocycles. The normalized spacial score (nSPS) is 10.3. The van der Waals surface area contributed by atoms with Gasteiger partial charge in [0.25, 0.3) is 5.91 Å². The second kappa shape index (κ2) is 9.58. The van der Waals surface area contributed by atoms with E-state index >= 15 is 0 Å². The molecule has 2 rings (SSSR count). The van der Waals surface area contributed by atoms with Crippen LogP contribution in [0, 0.1) is 0 Å². The van der Waals surface area contributed by atoms with E-state index in [0.717, 1.165) is 5.56 Å². The minimum atomic E-state index is -0.260. The molecule has 0 fully saturated rings. The smallest absolute Gasteiger partial charge is 0.254 e. The number of nitrogens with zero attached hydrogens (tertiary/aromatic N) is 1. The quantitative estimate of drug-likeness (QED) is 0.790. The molecule has 6 heteroatoms. The molecule has 0 bridgehead atoms. The van der Waals surface area contributed by atoms with Crippen LogP contribution in [-0.2, 0) is 16.1 Å². The number of likely N-dealkylation sites (N-methyl/N-ethyl adjacent to an activating group) is 1. The summed E-state index contributed by atoms with van der Waals surface area (Å²) in [4.78, 5) is 26.4. The van der Waals surface area contributed by atoms with Gasteiger partial charge in [0.1, 0.15) is 12.3 Å². The lowest BCUT2D eigenvalue weighted by atomic mass is 10.1. The molecule has 0 spiro atoms. The van der Waals surface area contributed by atoms with E-state index in [1.54, 1.807) is 50.6 Å². The van der Waals surface area contributed by atoms with Crippen molar-refractivity contribution in [3.8, 4) is 5.75 Å². The van der Waals surface area contributed by atoms with Gasteiger partial charge in [-0.1, -0.05) is 18.2 Å². The molecule has 0 unspecified atom stereocenters. The minimum absolute atomic E-state index is 0.0215. The average Bonchev–Trinajstić information content (AvgIpc) is 2.66. The molecule has 1 N–H and O–H groups in total. The molecule has 6 nitrogen and oxygen atoms in total. The summed E-state index contributed by atoms with van der Waals surface area (Å²) in [7, 11) is 3.19. The number of methoxy groups -OCH3 is 2. The van der Waals surface area contributed by atoms with Crippen LogP contribution >= 0.6 is 0 Å². The Kier molecular flexibility index (Phi) is 7.17. The Morgan fingerprint density at radius 2 is 1.81 bits per heavy atom. The van der Waals surface area contributed by atoms with E-state index in [9.17, 15) is 9.59 Å². The monoisotopic (exact) mass is 356 g/mol. The summed E-state index contributed by atoms with van der Waals surface area (Å²) >= 11 is 0. The van der Waals surface area contributed by atoms with Gasteiger partial charge in [-0.3, -0.25) is 9.59 Å². The number of ether oxygens (including phenoxy) is 2. The molecule has 0 aromatic heterocycles. The zero-order valence-corrected chi connectivity index (χ0v) is 15.3. The standard InChI is InChI=1S/C20H24N2O4/c1-4-22(20(24)16-10-8-15(9-11-16)14-25-2)13-19(23)21-17-6-5-7-18(12-17)26-3/h5-12H,4,13-14H2,1-3H3,(H,21,23). The first kappa shape index (κ1) is 19.5. The van der Waals surface area contributed by atoms with Gasteiger partial charge in [0.05, 0.1) is 13.7 Å². The first-order chi connectivity index (χ1) is 12.6. The van der Waals surface area contributed by atoms with Crippen molar-refractivity contribution < 1.29 is 19.1 Å². The maximum atomic E-state index is 12.6. The van der Waals surface area contributed by atoms with Crippen LogP contribution in [0.4, 0.5) is 5.69 Å². The second-order valence-corrected chi connectivity index (χ2v) is 5.73. The van der Waals surface area contributed by atoms with Crippen LogP contribution in [0.15, 0.2) is 48.5 Å². The van der Waals surface area contributed by atoms with Crippen LogP contribution in [0.3, 0.4) is 0 Å². The highest BCUT2D eigenvalue weighted by atomic mass is 16.5. The number of carbonyl (C=O) groups excluding carboxylic acids is 2. The van der Waals surface area contributed by atoms with Crippen LogP contribution in [0.25, 0.3) is 0 Å². The highest BCUT2D eigenvalue weighted by Crippen LogP contribution is 2.16. The molecule has 0 aliphatic rings. The van der Waals surface area contributed by atoms with Crippen LogP contribution in [0.2, 0.25) is 0 Å². The third kappa shape index (κ3) is 5.32. The number of hydrogen-bond donors (Lipinski definition) is 1. The van der Waals surface area contributed by atoms with Crippen LogP contribution in [-0.4, -0.2) is 44.0 Å². The van der Waals surface area contributed by atoms with Crippen molar-refractivity contribution in [3.63, 3.8) is 0 Å². The second-order valence-electron chi connectivity index (χ2n) is 5.73. The van der Waals surface area contributed by atoms with Crippen molar-refractivity contribution in [2.24, 2.45) is 0 Å². The van der Waals surface area contributed by atoms with Gasteiger partial charge in [0.2, 0.25) is 5.91 Å². The van der Waals surface area contributed by atoms with Crippen molar-refractivity contribution in [2.45, 2.75) is 13.5 Å². The SMILES string of the molecule is CCN(CC(=O)Nc1cccc(OC)c1)C(=O)c1ccc(COC)cc1. The van der Waals surface area contributed by atoms with Crippen molar-refractivity contribution in [1.29, 1.82) is 0 Å². The molecule has 2 amide bonds. The summed E-state index contributed by atoms with van der Waals surface area (Å²) in [6.07, 6.45) is 0. The first-order valence-electron chi connectivity index (χ1n) is 8.38. The number of amides is 2. The summed E-state index contributed by atoms with van der Waals surface area (Å²) in [6, 6.07) is 14.3. The lowest BCUT2D eigenvalue weighted by Gasteiger charge is -2.20. The molecule has 0 heterocycles. The molecule has 26 heavy (non-hydrogen) atoms. The molecule has 2 aromatic rings. The summed E-state index contributed by atoms with van der Waals surface area (Å²) in [6.45, 7) is 2.75. The Hall–Kier alpha value is -2.86. The minimum Gasteiger partial charge on any atom is -0.497 e. The number of rotatable bonds is 8. The van der Waals surface area contributed by atoms with Crippen molar-refractivity contribution in [1.82, 2.24) is 4.90 Å². The Balaban J connectivity index is 2.00. The lowest BCUT2D eigenvalue weighted by Crippen LogP contribution is -2.37. The average molecular weight is 356 g/mol. The van der Waals surface area contributed by atoms with Crippen LogP contribution in [0.1, 0.15) is 22.8 Å². The third-order valence-corrected chi connectivity index (χ3v) is 3.87. The molecule has 0 aliphatic carbocycles. The summed E-state index contributed by atoms with van der Waals surface area (Å²) < 4.78 is 10.2. The predicted octanol–water partition coefficient (Wildman–Crippen LogP) is 2.94. The Labute approximate surface area is 153 Å². The molecule has 0 saturated carbocycles. The van der Waals surface area contributed by atoms with Crippen molar-refractivity contribution in [3.05, 3.63) is 59.7 Å². The van der Waals surface area contributed by atoms with Crippen molar-refractivity contribution in [2.75, 3.05) is 32.6 Å². The number of anilines is 1. The molecular formula is C20H24N2O4. The fraction of sp³-hybridized carbons (Fsp3) is 0.300. The molecule has 138 valence electrons. The van der Waals surface area contributed by atoms with E-state index < -0.39 is 0 Å². The van der Waals surface area contributed by atoms with E-state index in [1.807, 2.05) is 19.1 Å². The van der Waals surface area contributed by atoms with Gasteiger partial charge in [0, 0.05) is 31.0 Å². The van der Waals surface area contributed by atoms with Gasteiger partial charge < -0.3 is 19.7 Å². The fourth-order valence-electron chi connectivity index (χ4n) is 2.49. The molecule has 0 atom stereocenters. The zero-order chi connectivity index (χ0) is 18.9. The highest BCUT2D eigenvalue weighted by molar-refractivity contribution is 5.99. The Morgan fingerprint density at radius 1 is 1.08 bits per heavy atom. The van der Waals surface area contributed by atoms with Gasteiger partial charge in [-0.25, -0.2) is 0 Å². The van der Waals surface area contributed by atoms with E-state index in [2.05, 4.69) is 5.32 Å². The molecular weight excluding hydrogens is 332 g/mol. The Morgan fingerprint density at radius 3 is 2.42 bits per heavy atom. The predicted molar refractivity (Wildman–Crippen MR) is 100 cm³/mol. The van der Waals surface area contributed by atoms with Gasteiger partial charge >= 0.3 is 0 Å². The van der Waals surface area contributed by atoms with E-state index in [-0.39, 0.29) is 18.4 Å². The van der Waals surface area contributed by atoms with Gasteiger partial charge in [-0.2, -0.15) is 0 Å². The van der Waals surface area contributed by atoms with Crippen molar-refractivity contribution >= 4 is 17.5 Å². The summed E-state index contributed by atoms with van der Waals surface area (Å²) in [5.41, 5.74) is 2.16. The van der Waals surface area contributed by atoms with E-state index in [4.69, 9.17) is 9.47 Å². The number of carbonyl (C=O) groups is 2. The summed E-state index contributed by atoms with van der Waals surface area (Å²) in [5, 5.41) is 2.78. The summed E-state index contributed by atoms with van der Waals surface area (Å²) in [5.74, 6) is 0.212. The highest BCUT2D eigenvalue weighted by Gasteiger charge is 2.17. The number of benzene rings is 2.